The summed E-state index contributed by atoms with van der Waals surface area (Å²) in [6.07, 6.45) is 2.63. The van der Waals surface area contributed by atoms with Crippen molar-refractivity contribution in [3.05, 3.63) is 62.1 Å². The third kappa shape index (κ3) is 5.78. The van der Waals surface area contributed by atoms with Gasteiger partial charge in [0.2, 0.25) is 0 Å². The second-order valence-electron chi connectivity index (χ2n) is 6.40. The standard InChI is InChI=1S/C21H16BrCl2NO6/c1-29-17-10-12(3-7-20(28)31-25-18(26)5-6-19(25)27)8-14(22)21(17)30-11-13-2-4-15(23)16(24)9-13/h2-4,7-10H,5-6,11H2,1H3/b7-3+. The van der Waals surface area contributed by atoms with Crippen LogP contribution in [0.4, 0.5) is 0 Å². The molecule has 2 amide bonds. The fraction of sp³-hybridized carbons (Fsp3) is 0.190. The van der Waals surface area contributed by atoms with Crippen LogP contribution >= 0.6 is 39.1 Å². The van der Waals surface area contributed by atoms with Gasteiger partial charge in [-0.05, 0) is 57.4 Å². The third-order valence-electron chi connectivity index (χ3n) is 4.22. The predicted octanol–water partition coefficient (Wildman–Crippen LogP) is 4.96. The molecule has 162 valence electrons. The Morgan fingerprint density at radius 2 is 1.84 bits per heavy atom. The van der Waals surface area contributed by atoms with Crippen LogP contribution in [-0.4, -0.2) is 30.0 Å². The second-order valence-corrected chi connectivity index (χ2v) is 8.07. The zero-order valence-electron chi connectivity index (χ0n) is 16.2. The maximum Gasteiger partial charge on any atom is 0.356 e. The summed E-state index contributed by atoms with van der Waals surface area (Å²) in [6.45, 7) is 0.227. The maximum atomic E-state index is 11.9. The van der Waals surface area contributed by atoms with Crippen LogP contribution in [0.25, 0.3) is 6.08 Å². The van der Waals surface area contributed by atoms with E-state index in [1.807, 2.05) is 0 Å². The smallest absolute Gasteiger partial charge is 0.356 e. The first-order valence-corrected chi connectivity index (χ1v) is 10.5. The van der Waals surface area contributed by atoms with Gasteiger partial charge in [-0.25, -0.2) is 4.79 Å². The quantitative estimate of drug-likeness (QED) is 0.373. The van der Waals surface area contributed by atoms with E-state index in [0.717, 1.165) is 11.6 Å². The van der Waals surface area contributed by atoms with Crippen molar-refractivity contribution in [2.75, 3.05) is 7.11 Å². The van der Waals surface area contributed by atoms with E-state index in [4.69, 9.17) is 37.5 Å². The van der Waals surface area contributed by atoms with E-state index in [9.17, 15) is 14.4 Å². The van der Waals surface area contributed by atoms with Gasteiger partial charge in [0.25, 0.3) is 11.8 Å². The normalized spacial score (nSPS) is 13.7. The number of amides is 2. The lowest BCUT2D eigenvalue weighted by molar-refractivity contribution is -0.193. The van der Waals surface area contributed by atoms with Crippen LogP contribution in [0.3, 0.4) is 0 Å². The minimum Gasteiger partial charge on any atom is -0.493 e. The molecule has 0 aromatic heterocycles. The summed E-state index contributed by atoms with van der Waals surface area (Å²) in [5.74, 6) is -1.05. The van der Waals surface area contributed by atoms with E-state index in [1.165, 1.54) is 13.2 Å². The number of hydroxylamine groups is 2. The van der Waals surface area contributed by atoms with Gasteiger partial charge in [-0.3, -0.25) is 9.59 Å². The number of benzene rings is 2. The topological polar surface area (TPSA) is 82.1 Å². The highest BCUT2D eigenvalue weighted by Gasteiger charge is 2.32. The fourth-order valence-corrected chi connectivity index (χ4v) is 3.60. The van der Waals surface area contributed by atoms with Gasteiger partial charge in [0, 0.05) is 18.9 Å². The largest absolute Gasteiger partial charge is 0.493 e. The number of hydrogen-bond donors (Lipinski definition) is 0. The molecule has 0 unspecified atom stereocenters. The van der Waals surface area contributed by atoms with Gasteiger partial charge < -0.3 is 14.3 Å². The molecule has 0 saturated carbocycles. The first-order valence-electron chi connectivity index (χ1n) is 8.98. The van der Waals surface area contributed by atoms with Gasteiger partial charge in [0.15, 0.2) is 11.5 Å². The van der Waals surface area contributed by atoms with Crippen LogP contribution in [0.1, 0.15) is 24.0 Å². The number of halogens is 3. The molecule has 1 aliphatic rings. The molecule has 7 nitrogen and oxygen atoms in total. The molecule has 1 heterocycles. The minimum absolute atomic E-state index is 0.0314. The average molecular weight is 529 g/mol. The first-order chi connectivity index (χ1) is 14.8. The van der Waals surface area contributed by atoms with E-state index < -0.39 is 17.8 Å². The van der Waals surface area contributed by atoms with Crippen LogP contribution in [0.2, 0.25) is 10.0 Å². The molecule has 0 bridgehead atoms. The third-order valence-corrected chi connectivity index (χ3v) is 5.55. The second kappa shape index (κ2) is 10.2. The average Bonchev–Trinajstić information content (AvgIpc) is 3.05. The van der Waals surface area contributed by atoms with E-state index in [2.05, 4.69) is 15.9 Å². The Morgan fingerprint density at radius 1 is 1.13 bits per heavy atom. The maximum absolute atomic E-state index is 11.9. The number of hydrogen-bond acceptors (Lipinski definition) is 6. The molecule has 2 aromatic carbocycles. The Balaban J connectivity index is 1.70. The summed E-state index contributed by atoms with van der Waals surface area (Å²) in [7, 11) is 1.49. The van der Waals surface area contributed by atoms with Gasteiger partial charge >= 0.3 is 5.97 Å². The van der Waals surface area contributed by atoms with Crippen LogP contribution < -0.4 is 9.47 Å². The van der Waals surface area contributed by atoms with Crippen molar-refractivity contribution in [1.29, 1.82) is 0 Å². The highest BCUT2D eigenvalue weighted by Crippen LogP contribution is 2.37. The Hall–Kier alpha value is -2.55. The van der Waals surface area contributed by atoms with E-state index in [0.29, 0.717) is 36.6 Å². The summed E-state index contributed by atoms with van der Waals surface area (Å²) in [5.41, 5.74) is 1.42. The van der Waals surface area contributed by atoms with Crippen molar-refractivity contribution >= 4 is 63.0 Å². The summed E-state index contributed by atoms with van der Waals surface area (Å²) in [4.78, 5) is 39.8. The lowest BCUT2D eigenvalue weighted by Gasteiger charge is -2.14. The van der Waals surface area contributed by atoms with Crippen molar-refractivity contribution in [3.8, 4) is 11.5 Å². The summed E-state index contributed by atoms with van der Waals surface area (Å²) < 4.78 is 11.8. The van der Waals surface area contributed by atoms with E-state index in [-0.39, 0.29) is 19.4 Å². The van der Waals surface area contributed by atoms with Crippen molar-refractivity contribution < 1.29 is 28.7 Å². The number of imide groups is 1. The lowest BCUT2D eigenvalue weighted by atomic mass is 10.2. The zero-order chi connectivity index (χ0) is 22.5. The Kier molecular flexibility index (Phi) is 7.59. The molecule has 0 N–H and O–H groups in total. The van der Waals surface area contributed by atoms with Gasteiger partial charge in [-0.1, -0.05) is 29.3 Å². The van der Waals surface area contributed by atoms with Gasteiger partial charge in [-0.2, -0.15) is 0 Å². The van der Waals surface area contributed by atoms with Crippen LogP contribution in [0.15, 0.2) is 40.9 Å². The van der Waals surface area contributed by atoms with E-state index in [1.54, 1.807) is 30.3 Å². The fourth-order valence-electron chi connectivity index (χ4n) is 2.70. The highest BCUT2D eigenvalue weighted by atomic mass is 79.9. The molecule has 31 heavy (non-hydrogen) atoms. The molecule has 1 saturated heterocycles. The summed E-state index contributed by atoms with van der Waals surface area (Å²) >= 11 is 15.4. The van der Waals surface area contributed by atoms with Crippen molar-refractivity contribution in [2.24, 2.45) is 0 Å². The lowest BCUT2D eigenvalue weighted by Crippen LogP contribution is -2.31. The minimum atomic E-state index is -0.848. The SMILES string of the molecule is COc1cc(/C=C/C(=O)ON2C(=O)CCC2=O)cc(Br)c1OCc1ccc(Cl)c(Cl)c1. The first kappa shape index (κ1) is 23.1. The number of nitrogens with zero attached hydrogens (tertiary/aromatic N) is 1. The molecular formula is C21H16BrCl2NO6. The molecule has 1 aliphatic heterocycles. The number of methoxy groups -OCH3 is 1. The molecule has 1 fully saturated rings. The number of ether oxygens (including phenoxy) is 2. The van der Waals surface area contributed by atoms with Crippen molar-refractivity contribution in [1.82, 2.24) is 5.06 Å². The van der Waals surface area contributed by atoms with Crippen LogP contribution in [-0.2, 0) is 25.8 Å². The molecule has 0 atom stereocenters. The number of carbonyl (C=O) groups excluding carboxylic acids is 3. The van der Waals surface area contributed by atoms with Crippen LogP contribution in [0, 0.1) is 0 Å². The van der Waals surface area contributed by atoms with Gasteiger partial charge in [0.05, 0.1) is 21.6 Å². The van der Waals surface area contributed by atoms with Crippen LogP contribution in [0.5, 0.6) is 11.5 Å². The molecule has 0 aliphatic carbocycles. The molecular weight excluding hydrogens is 513 g/mol. The Bertz CT molecular complexity index is 1060. The zero-order valence-corrected chi connectivity index (χ0v) is 19.3. The summed E-state index contributed by atoms with van der Waals surface area (Å²) in [6, 6.07) is 8.56. The Morgan fingerprint density at radius 3 is 2.48 bits per heavy atom. The van der Waals surface area contributed by atoms with Crippen molar-refractivity contribution in [3.63, 3.8) is 0 Å². The Labute approximate surface area is 196 Å². The van der Waals surface area contributed by atoms with E-state index >= 15 is 0 Å². The van der Waals surface area contributed by atoms with Gasteiger partial charge in [-0.15, -0.1) is 5.06 Å². The molecule has 10 heteroatoms. The monoisotopic (exact) mass is 527 g/mol. The molecule has 3 rings (SSSR count). The highest BCUT2D eigenvalue weighted by molar-refractivity contribution is 9.10. The number of carbonyl (C=O) groups is 3. The molecule has 2 aromatic rings. The molecule has 0 spiro atoms. The summed E-state index contributed by atoms with van der Waals surface area (Å²) in [5, 5.41) is 1.37. The number of rotatable bonds is 7. The van der Waals surface area contributed by atoms with Crippen molar-refractivity contribution in [2.45, 2.75) is 19.4 Å². The molecule has 0 radical (unpaired) electrons. The predicted molar refractivity (Wildman–Crippen MR) is 118 cm³/mol. The van der Waals surface area contributed by atoms with Gasteiger partial charge in [0.1, 0.15) is 6.61 Å².